The summed E-state index contributed by atoms with van der Waals surface area (Å²) in [7, 11) is 0. The van der Waals surface area contributed by atoms with Crippen molar-refractivity contribution in [2.45, 2.75) is 26.3 Å². The second kappa shape index (κ2) is 6.95. The third-order valence-corrected chi connectivity index (χ3v) is 1.92. The number of rotatable bonds is 6. The minimum atomic E-state index is 0.152. The van der Waals surface area contributed by atoms with Gasteiger partial charge in [-0.1, -0.05) is 18.7 Å². The molecule has 78 valence electrons. The Bertz CT molecular complexity index is 254. The van der Waals surface area contributed by atoms with Gasteiger partial charge in [0.25, 0.3) is 0 Å². The molecule has 0 bridgehead atoms. The van der Waals surface area contributed by atoms with E-state index in [1.165, 1.54) is 6.20 Å². The van der Waals surface area contributed by atoms with E-state index < -0.39 is 0 Å². The first-order chi connectivity index (χ1) is 6.61. The lowest BCUT2D eigenvalue weighted by Gasteiger charge is -2.05. The number of hydrogen-bond donors (Lipinski definition) is 2. The molecule has 0 aliphatic heterocycles. The van der Waals surface area contributed by atoms with Crippen LogP contribution in [0.25, 0.3) is 0 Å². The van der Waals surface area contributed by atoms with Crippen molar-refractivity contribution < 1.29 is 4.79 Å². The molecule has 1 atom stereocenters. The number of carbonyl (C=O) groups excluding carboxylic acids is 1. The summed E-state index contributed by atoms with van der Waals surface area (Å²) < 4.78 is 0. The van der Waals surface area contributed by atoms with E-state index in [9.17, 15) is 4.79 Å². The standard InChI is InChI=1S/C11H18N2O/c1-9(10(2)7-12)5-4-6-11(3)13-8-14/h4-5,7-8,11H,1,6,12H2,2-3H3,(H,13,14)/b5-4-,10-7+/t11-/m1/s1. The maximum atomic E-state index is 10.1. The molecular formula is C11H18N2O. The SMILES string of the molecule is C=C(/C=C\C[C@@H](C)NC=O)/C(C)=C/N. The molecule has 0 aromatic heterocycles. The molecule has 3 heteroatoms. The maximum absolute atomic E-state index is 10.1. The van der Waals surface area contributed by atoms with Crippen LogP contribution in [0.1, 0.15) is 20.3 Å². The Kier molecular flexibility index (Phi) is 6.20. The van der Waals surface area contributed by atoms with E-state index in [0.717, 1.165) is 17.6 Å². The number of carbonyl (C=O) groups is 1. The number of hydrogen-bond acceptors (Lipinski definition) is 2. The molecule has 1 amide bonds. The number of amides is 1. The van der Waals surface area contributed by atoms with E-state index in [2.05, 4.69) is 11.9 Å². The Morgan fingerprint density at radius 2 is 2.29 bits per heavy atom. The van der Waals surface area contributed by atoms with Crippen LogP contribution in [0.15, 0.2) is 36.1 Å². The molecular weight excluding hydrogens is 176 g/mol. The highest BCUT2D eigenvalue weighted by atomic mass is 16.1. The second-order valence-electron chi connectivity index (χ2n) is 3.20. The summed E-state index contributed by atoms with van der Waals surface area (Å²) in [5.41, 5.74) is 7.19. The Morgan fingerprint density at radius 1 is 1.64 bits per heavy atom. The molecule has 0 aliphatic carbocycles. The highest BCUT2D eigenvalue weighted by Crippen LogP contribution is 2.07. The molecule has 0 rings (SSSR count). The molecule has 0 radical (unpaired) electrons. The van der Waals surface area contributed by atoms with Crippen molar-refractivity contribution in [3.8, 4) is 0 Å². The van der Waals surface area contributed by atoms with Crippen LogP contribution < -0.4 is 11.1 Å². The predicted octanol–water partition coefficient (Wildman–Crippen LogP) is 1.49. The van der Waals surface area contributed by atoms with Crippen LogP contribution in [0.5, 0.6) is 0 Å². The fourth-order valence-corrected chi connectivity index (χ4v) is 0.837. The highest BCUT2D eigenvalue weighted by molar-refractivity contribution is 5.46. The molecule has 0 spiro atoms. The highest BCUT2D eigenvalue weighted by Gasteiger charge is 1.95. The van der Waals surface area contributed by atoms with Gasteiger partial charge in [0.05, 0.1) is 0 Å². The zero-order chi connectivity index (χ0) is 11.0. The summed E-state index contributed by atoms with van der Waals surface area (Å²) in [6.45, 7) is 7.68. The van der Waals surface area contributed by atoms with Gasteiger partial charge < -0.3 is 11.1 Å². The van der Waals surface area contributed by atoms with E-state index in [0.29, 0.717) is 6.41 Å². The zero-order valence-electron chi connectivity index (χ0n) is 8.79. The van der Waals surface area contributed by atoms with Crippen molar-refractivity contribution in [2.24, 2.45) is 5.73 Å². The Hall–Kier alpha value is -1.51. The summed E-state index contributed by atoms with van der Waals surface area (Å²) in [5.74, 6) is 0. The van der Waals surface area contributed by atoms with Crippen LogP contribution in [0.4, 0.5) is 0 Å². The smallest absolute Gasteiger partial charge is 0.207 e. The van der Waals surface area contributed by atoms with Gasteiger partial charge in [-0.05, 0) is 37.6 Å². The monoisotopic (exact) mass is 194 g/mol. The van der Waals surface area contributed by atoms with Crippen molar-refractivity contribution >= 4 is 6.41 Å². The molecule has 0 saturated heterocycles. The second-order valence-corrected chi connectivity index (χ2v) is 3.20. The predicted molar refractivity (Wildman–Crippen MR) is 59.5 cm³/mol. The number of nitrogens with two attached hydrogens (primary N) is 1. The van der Waals surface area contributed by atoms with Crippen LogP contribution in [-0.4, -0.2) is 12.5 Å². The fraction of sp³-hybridized carbons (Fsp3) is 0.364. The van der Waals surface area contributed by atoms with E-state index in [1.807, 2.05) is 26.0 Å². The molecule has 3 N–H and O–H groups in total. The fourth-order valence-electron chi connectivity index (χ4n) is 0.837. The van der Waals surface area contributed by atoms with Crippen LogP contribution in [-0.2, 0) is 4.79 Å². The summed E-state index contributed by atoms with van der Waals surface area (Å²) in [4.78, 5) is 10.1. The van der Waals surface area contributed by atoms with Crippen molar-refractivity contribution in [3.05, 3.63) is 36.1 Å². The summed E-state index contributed by atoms with van der Waals surface area (Å²) in [6, 6.07) is 0.152. The van der Waals surface area contributed by atoms with Gasteiger partial charge in [0.15, 0.2) is 0 Å². The first-order valence-electron chi connectivity index (χ1n) is 4.55. The van der Waals surface area contributed by atoms with Gasteiger partial charge >= 0.3 is 0 Å². The van der Waals surface area contributed by atoms with Crippen molar-refractivity contribution in [1.82, 2.24) is 5.32 Å². The van der Waals surface area contributed by atoms with Crippen molar-refractivity contribution in [3.63, 3.8) is 0 Å². The first-order valence-corrected chi connectivity index (χ1v) is 4.55. The third-order valence-electron chi connectivity index (χ3n) is 1.92. The zero-order valence-corrected chi connectivity index (χ0v) is 8.79. The van der Waals surface area contributed by atoms with Gasteiger partial charge in [-0.25, -0.2) is 0 Å². The van der Waals surface area contributed by atoms with Crippen molar-refractivity contribution in [1.29, 1.82) is 0 Å². The van der Waals surface area contributed by atoms with Crippen LogP contribution in [0.3, 0.4) is 0 Å². The normalized spacial score (nSPS) is 14.0. The Balaban J connectivity index is 3.94. The van der Waals surface area contributed by atoms with Gasteiger partial charge in [-0.15, -0.1) is 0 Å². The number of allylic oxidation sites excluding steroid dienone is 3. The maximum Gasteiger partial charge on any atom is 0.207 e. The average molecular weight is 194 g/mol. The van der Waals surface area contributed by atoms with Gasteiger partial charge in [-0.3, -0.25) is 4.79 Å². The minimum absolute atomic E-state index is 0.152. The van der Waals surface area contributed by atoms with E-state index in [1.54, 1.807) is 0 Å². The molecule has 3 nitrogen and oxygen atoms in total. The molecule has 0 saturated carbocycles. The van der Waals surface area contributed by atoms with Gasteiger partial charge in [0.1, 0.15) is 0 Å². The van der Waals surface area contributed by atoms with Gasteiger partial charge in [0.2, 0.25) is 6.41 Å². The third kappa shape index (κ3) is 5.19. The van der Waals surface area contributed by atoms with Crippen LogP contribution in [0, 0.1) is 0 Å². The van der Waals surface area contributed by atoms with Gasteiger partial charge in [-0.2, -0.15) is 0 Å². The van der Waals surface area contributed by atoms with Crippen molar-refractivity contribution in [2.75, 3.05) is 0 Å². The topological polar surface area (TPSA) is 55.1 Å². The molecule has 0 aromatic carbocycles. The molecule has 0 unspecified atom stereocenters. The van der Waals surface area contributed by atoms with Crippen LogP contribution in [0.2, 0.25) is 0 Å². The van der Waals surface area contributed by atoms with Gasteiger partial charge in [0, 0.05) is 6.04 Å². The molecule has 0 aromatic rings. The lowest BCUT2D eigenvalue weighted by Crippen LogP contribution is -2.23. The van der Waals surface area contributed by atoms with E-state index in [-0.39, 0.29) is 6.04 Å². The molecule has 0 fully saturated rings. The first kappa shape index (κ1) is 12.5. The minimum Gasteiger partial charge on any atom is -0.404 e. The van der Waals surface area contributed by atoms with E-state index in [4.69, 9.17) is 5.73 Å². The molecule has 14 heavy (non-hydrogen) atoms. The van der Waals surface area contributed by atoms with E-state index >= 15 is 0 Å². The average Bonchev–Trinajstić information content (AvgIpc) is 2.16. The Morgan fingerprint density at radius 3 is 2.79 bits per heavy atom. The number of nitrogens with one attached hydrogen (secondary N) is 1. The summed E-state index contributed by atoms with van der Waals surface area (Å²) >= 11 is 0. The molecule has 0 aliphatic rings. The largest absolute Gasteiger partial charge is 0.404 e. The Labute approximate surface area is 85.4 Å². The summed E-state index contributed by atoms with van der Waals surface area (Å²) in [5, 5.41) is 2.66. The summed E-state index contributed by atoms with van der Waals surface area (Å²) in [6.07, 6.45) is 6.89. The van der Waals surface area contributed by atoms with Crippen LogP contribution >= 0.6 is 0 Å². The lowest BCUT2D eigenvalue weighted by atomic mass is 10.1. The lowest BCUT2D eigenvalue weighted by molar-refractivity contribution is -0.110. The quantitative estimate of drug-likeness (QED) is 0.497. The molecule has 0 heterocycles.